The van der Waals surface area contributed by atoms with Gasteiger partial charge in [0.15, 0.2) is 5.78 Å². The Hall–Kier alpha value is -0.743. The minimum atomic E-state index is -1.71. The monoisotopic (exact) mass is 282 g/mol. The summed E-state index contributed by atoms with van der Waals surface area (Å²) < 4.78 is 6.05. The van der Waals surface area contributed by atoms with Crippen molar-refractivity contribution in [1.29, 1.82) is 0 Å². The zero-order valence-corrected chi connectivity index (χ0v) is 13.9. The first-order valence-electron chi connectivity index (χ1n) is 6.16. The van der Waals surface area contributed by atoms with Crippen LogP contribution in [0.15, 0.2) is 23.1 Å². The van der Waals surface area contributed by atoms with Crippen LogP contribution >= 0.6 is 11.8 Å². The number of hydrogen-bond acceptors (Lipinski definition) is 3. The molecular formula is C14H22O2SSi. The van der Waals surface area contributed by atoms with E-state index in [1.807, 2.05) is 38.3 Å². The maximum absolute atomic E-state index is 12.2. The van der Waals surface area contributed by atoms with Gasteiger partial charge in [-0.15, -0.1) is 11.8 Å². The Balaban J connectivity index is 3.20. The molecule has 4 heteroatoms. The summed E-state index contributed by atoms with van der Waals surface area (Å²) in [5, 5.41) is 0. The molecule has 0 amide bonds. The minimum Gasteiger partial charge on any atom is -0.544 e. The molecule has 0 N–H and O–H groups in total. The van der Waals surface area contributed by atoms with E-state index in [9.17, 15) is 4.79 Å². The summed E-state index contributed by atoms with van der Waals surface area (Å²) in [5.41, 5.74) is 0.713. The van der Waals surface area contributed by atoms with Gasteiger partial charge < -0.3 is 4.43 Å². The van der Waals surface area contributed by atoms with Gasteiger partial charge in [-0.1, -0.05) is 13.8 Å². The number of ketones is 1. The molecule has 0 spiro atoms. The van der Waals surface area contributed by atoms with E-state index in [2.05, 4.69) is 19.6 Å². The van der Waals surface area contributed by atoms with Crippen LogP contribution in [-0.4, -0.2) is 20.4 Å². The van der Waals surface area contributed by atoms with Crippen molar-refractivity contribution in [3.05, 3.63) is 23.8 Å². The summed E-state index contributed by atoms with van der Waals surface area (Å²) >= 11 is 1.66. The Morgan fingerprint density at radius 2 is 1.89 bits per heavy atom. The number of Topliss-reactive ketones (excluding diaryl/α,β-unsaturated/α-hetero) is 1. The van der Waals surface area contributed by atoms with Crippen molar-refractivity contribution < 1.29 is 9.22 Å². The van der Waals surface area contributed by atoms with Crippen LogP contribution in [0.3, 0.4) is 0 Å². The molecule has 0 saturated heterocycles. The zero-order chi connectivity index (χ0) is 13.9. The Morgan fingerprint density at radius 3 is 2.33 bits per heavy atom. The SMILES string of the molecule is CSc1ccc(C(=O)C(C)C)c(O[Si](C)(C)C)c1. The number of carbonyl (C=O) groups excluding carboxylic acids is 1. The molecule has 0 aliphatic rings. The molecule has 0 unspecified atom stereocenters. The summed E-state index contributed by atoms with van der Waals surface area (Å²) in [6.45, 7) is 10.2. The van der Waals surface area contributed by atoms with Gasteiger partial charge in [-0.3, -0.25) is 4.79 Å². The van der Waals surface area contributed by atoms with E-state index in [-0.39, 0.29) is 11.7 Å². The van der Waals surface area contributed by atoms with E-state index in [1.165, 1.54) is 0 Å². The van der Waals surface area contributed by atoms with E-state index >= 15 is 0 Å². The first kappa shape index (κ1) is 15.3. The van der Waals surface area contributed by atoms with Gasteiger partial charge in [0.1, 0.15) is 5.75 Å². The standard InChI is InChI=1S/C14H22O2SSi/c1-10(2)14(15)12-8-7-11(17-3)9-13(12)16-18(4,5)6/h7-10H,1-6H3. The van der Waals surface area contributed by atoms with E-state index in [0.717, 1.165) is 10.6 Å². The van der Waals surface area contributed by atoms with Crippen LogP contribution in [0.1, 0.15) is 24.2 Å². The zero-order valence-electron chi connectivity index (χ0n) is 12.0. The molecule has 0 radical (unpaired) electrons. The fourth-order valence-electron chi connectivity index (χ4n) is 1.56. The topological polar surface area (TPSA) is 26.3 Å². The van der Waals surface area contributed by atoms with Crippen LogP contribution < -0.4 is 4.43 Å². The molecule has 0 aliphatic heterocycles. The number of hydrogen-bond donors (Lipinski definition) is 0. The van der Waals surface area contributed by atoms with Crippen LogP contribution in [-0.2, 0) is 0 Å². The normalized spacial score (nSPS) is 11.7. The van der Waals surface area contributed by atoms with Crippen molar-refractivity contribution in [2.24, 2.45) is 5.92 Å². The summed E-state index contributed by atoms with van der Waals surface area (Å²) in [4.78, 5) is 13.3. The highest BCUT2D eigenvalue weighted by Gasteiger charge is 2.22. The Kier molecular flexibility index (Phi) is 5.05. The van der Waals surface area contributed by atoms with Crippen molar-refractivity contribution in [2.45, 2.75) is 38.4 Å². The van der Waals surface area contributed by atoms with E-state index in [4.69, 9.17) is 4.43 Å². The van der Waals surface area contributed by atoms with Crippen LogP contribution in [0, 0.1) is 5.92 Å². The number of benzene rings is 1. The molecule has 1 rings (SSSR count). The molecule has 0 atom stereocenters. The molecule has 2 nitrogen and oxygen atoms in total. The lowest BCUT2D eigenvalue weighted by molar-refractivity contribution is 0.0937. The molecule has 18 heavy (non-hydrogen) atoms. The van der Waals surface area contributed by atoms with Crippen LogP contribution in [0.2, 0.25) is 19.6 Å². The lowest BCUT2D eigenvalue weighted by atomic mass is 10.0. The second-order valence-corrected chi connectivity index (χ2v) is 10.9. The van der Waals surface area contributed by atoms with Gasteiger partial charge in [0.2, 0.25) is 8.32 Å². The average Bonchev–Trinajstić information content (AvgIpc) is 2.25. The van der Waals surface area contributed by atoms with Crippen molar-refractivity contribution in [1.82, 2.24) is 0 Å². The van der Waals surface area contributed by atoms with Gasteiger partial charge in [-0.25, -0.2) is 0 Å². The highest BCUT2D eigenvalue weighted by Crippen LogP contribution is 2.29. The maximum atomic E-state index is 12.2. The Morgan fingerprint density at radius 1 is 1.28 bits per heavy atom. The number of thioether (sulfide) groups is 1. The van der Waals surface area contributed by atoms with Gasteiger partial charge in [-0.2, -0.15) is 0 Å². The summed E-state index contributed by atoms with van der Waals surface area (Å²) in [6.07, 6.45) is 2.03. The molecule has 0 aliphatic carbocycles. The lowest BCUT2D eigenvalue weighted by Crippen LogP contribution is -2.30. The van der Waals surface area contributed by atoms with Gasteiger partial charge in [-0.05, 0) is 44.1 Å². The highest BCUT2D eigenvalue weighted by molar-refractivity contribution is 7.98. The first-order chi connectivity index (χ1) is 8.24. The fourth-order valence-corrected chi connectivity index (χ4v) is 2.82. The third-order valence-corrected chi connectivity index (χ3v) is 3.95. The molecule has 0 heterocycles. The van der Waals surface area contributed by atoms with Crippen LogP contribution in [0.25, 0.3) is 0 Å². The van der Waals surface area contributed by atoms with E-state index in [1.54, 1.807) is 11.8 Å². The van der Waals surface area contributed by atoms with Crippen molar-refractivity contribution in [3.8, 4) is 5.75 Å². The molecule has 0 fully saturated rings. The lowest BCUT2D eigenvalue weighted by Gasteiger charge is -2.22. The molecule has 1 aromatic rings. The predicted molar refractivity (Wildman–Crippen MR) is 81.4 cm³/mol. The third kappa shape index (κ3) is 4.17. The van der Waals surface area contributed by atoms with Crippen LogP contribution in [0.5, 0.6) is 5.75 Å². The second kappa shape index (κ2) is 5.93. The second-order valence-electron chi connectivity index (χ2n) is 5.60. The maximum Gasteiger partial charge on any atom is 0.242 e. The minimum absolute atomic E-state index is 0.00545. The first-order valence-corrected chi connectivity index (χ1v) is 10.8. The highest BCUT2D eigenvalue weighted by atomic mass is 32.2. The molecule has 1 aromatic carbocycles. The van der Waals surface area contributed by atoms with Crippen LogP contribution in [0.4, 0.5) is 0 Å². The fraction of sp³-hybridized carbons (Fsp3) is 0.500. The van der Waals surface area contributed by atoms with Crippen molar-refractivity contribution in [3.63, 3.8) is 0 Å². The summed E-state index contributed by atoms with van der Waals surface area (Å²) in [5.74, 6) is 0.893. The predicted octanol–water partition coefficient (Wildman–Crippen LogP) is 4.46. The van der Waals surface area contributed by atoms with Crippen molar-refractivity contribution >= 4 is 25.9 Å². The van der Waals surface area contributed by atoms with Gasteiger partial charge >= 0.3 is 0 Å². The van der Waals surface area contributed by atoms with E-state index in [0.29, 0.717) is 5.56 Å². The number of rotatable bonds is 5. The Bertz CT molecular complexity index is 436. The largest absolute Gasteiger partial charge is 0.544 e. The molecular weight excluding hydrogens is 260 g/mol. The number of carbonyl (C=O) groups is 1. The van der Waals surface area contributed by atoms with Gasteiger partial charge in [0.05, 0.1) is 5.56 Å². The summed E-state index contributed by atoms with van der Waals surface area (Å²) in [6, 6.07) is 5.86. The molecule has 0 saturated carbocycles. The Labute approximate surface area is 115 Å². The molecule has 100 valence electrons. The van der Waals surface area contributed by atoms with Gasteiger partial charge in [0.25, 0.3) is 0 Å². The quantitative estimate of drug-likeness (QED) is 0.453. The molecule has 0 aromatic heterocycles. The van der Waals surface area contributed by atoms with Crippen molar-refractivity contribution in [2.75, 3.05) is 6.26 Å². The summed E-state index contributed by atoms with van der Waals surface area (Å²) in [7, 11) is -1.71. The molecule has 0 bridgehead atoms. The third-order valence-electron chi connectivity index (χ3n) is 2.39. The van der Waals surface area contributed by atoms with E-state index < -0.39 is 8.32 Å². The average molecular weight is 282 g/mol. The smallest absolute Gasteiger partial charge is 0.242 e. The van der Waals surface area contributed by atoms with Gasteiger partial charge in [0, 0.05) is 10.8 Å².